The second-order valence-corrected chi connectivity index (χ2v) is 4.69. The van der Waals surface area contributed by atoms with E-state index >= 15 is 0 Å². The normalized spacial score (nSPS) is 10.6. The maximum atomic E-state index is 11.4. The average Bonchev–Trinajstić information content (AvgIpc) is 3.04. The van der Waals surface area contributed by atoms with Crippen molar-refractivity contribution in [3.05, 3.63) is 48.0 Å². The fourth-order valence-corrected chi connectivity index (χ4v) is 2.15. The first-order valence-electron chi connectivity index (χ1n) is 6.83. The number of benzene rings is 1. The molecule has 0 radical (unpaired) electrons. The van der Waals surface area contributed by atoms with Gasteiger partial charge in [0.25, 0.3) is 0 Å². The van der Waals surface area contributed by atoms with E-state index in [9.17, 15) is 4.79 Å². The Hall–Kier alpha value is -2.96. The monoisotopic (exact) mass is 297 g/mol. The van der Waals surface area contributed by atoms with E-state index in [1.165, 1.54) is 13.4 Å². The maximum Gasteiger partial charge on any atom is 0.337 e. The van der Waals surface area contributed by atoms with Crippen molar-refractivity contribution in [1.29, 1.82) is 0 Å². The van der Waals surface area contributed by atoms with Crippen LogP contribution in [-0.2, 0) is 11.2 Å². The lowest BCUT2D eigenvalue weighted by molar-refractivity contribution is 0.0600. The number of hydrogen-bond acceptors (Lipinski definition) is 6. The molecular weight excluding hydrogens is 282 g/mol. The highest BCUT2D eigenvalue weighted by Gasteiger charge is 2.06. The molecule has 0 aliphatic carbocycles. The average molecular weight is 297 g/mol. The number of aromatic amines is 1. The third-order valence-electron chi connectivity index (χ3n) is 3.30. The lowest BCUT2D eigenvalue weighted by Crippen LogP contribution is -2.07. The summed E-state index contributed by atoms with van der Waals surface area (Å²) in [6, 6.07) is 7.36. The number of carbonyl (C=O) groups excluding carboxylic acids is 1. The number of fused-ring (bicyclic) bond motifs is 1. The van der Waals surface area contributed by atoms with Crippen molar-refractivity contribution in [2.75, 3.05) is 19.0 Å². The molecule has 2 N–H and O–H groups in total. The number of rotatable bonds is 5. The van der Waals surface area contributed by atoms with E-state index in [0.717, 1.165) is 23.3 Å². The third kappa shape index (κ3) is 2.88. The third-order valence-corrected chi connectivity index (χ3v) is 3.30. The Labute approximate surface area is 126 Å². The van der Waals surface area contributed by atoms with Gasteiger partial charge in [0, 0.05) is 6.54 Å². The van der Waals surface area contributed by atoms with E-state index in [1.807, 2.05) is 12.1 Å². The molecule has 112 valence electrons. The van der Waals surface area contributed by atoms with Gasteiger partial charge in [0.1, 0.15) is 11.8 Å². The van der Waals surface area contributed by atoms with Gasteiger partial charge in [-0.1, -0.05) is 12.1 Å². The Bertz CT molecular complexity index is 782. The Kier molecular flexibility index (Phi) is 3.95. The van der Waals surface area contributed by atoms with Crippen LogP contribution in [0.2, 0.25) is 0 Å². The predicted octanol–water partition coefficient (Wildman–Crippen LogP) is 1.79. The summed E-state index contributed by atoms with van der Waals surface area (Å²) in [4.78, 5) is 26.7. The number of H-pyrrole nitrogens is 1. The van der Waals surface area contributed by atoms with Crippen molar-refractivity contribution in [2.24, 2.45) is 0 Å². The van der Waals surface area contributed by atoms with Gasteiger partial charge < -0.3 is 15.0 Å². The van der Waals surface area contributed by atoms with Crippen LogP contribution in [0.5, 0.6) is 0 Å². The smallest absolute Gasteiger partial charge is 0.337 e. The Balaban J connectivity index is 1.61. The topological polar surface area (TPSA) is 92.8 Å². The first kappa shape index (κ1) is 14.0. The molecule has 2 aromatic heterocycles. The molecule has 7 heteroatoms. The minimum Gasteiger partial charge on any atom is -0.465 e. The number of ether oxygens (including phenoxy) is 1. The largest absolute Gasteiger partial charge is 0.465 e. The second kappa shape index (κ2) is 6.21. The van der Waals surface area contributed by atoms with E-state index in [1.54, 1.807) is 18.5 Å². The van der Waals surface area contributed by atoms with Crippen molar-refractivity contribution in [1.82, 2.24) is 19.9 Å². The van der Waals surface area contributed by atoms with Gasteiger partial charge in [-0.3, -0.25) is 0 Å². The highest BCUT2D eigenvalue weighted by molar-refractivity contribution is 5.89. The molecule has 0 saturated carbocycles. The zero-order chi connectivity index (χ0) is 15.4. The van der Waals surface area contributed by atoms with Crippen molar-refractivity contribution < 1.29 is 9.53 Å². The molecule has 0 spiro atoms. The van der Waals surface area contributed by atoms with E-state index < -0.39 is 0 Å². The van der Waals surface area contributed by atoms with Gasteiger partial charge in [-0.25, -0.2) is 19.7 Å². The van der Waals surface area contributed by atoms with Crippen LogP contribution in [-0.4, -0.2) is 39.6 Å². The van der Waals surface area contributed by atoms with Crippen LogP contribution in [0.3, 0.4) is 0 Å². The quantitative estimate of drug-likeness (QED) is 0.697. The summed E-state index contributed by atoms with van der Waals surface area (Å²) in [7, 11) is 1.37. The maximum absolute atomic E-state index is 11.4. The molecule has 2 heterocycles. The fraction of sp³-hybridized carbons (Fsp3) is 0.200. The first-order chi connectivity index (χ1) is 10.8. The zero-order valence-electron chi connectivity index (χ0n) is 12.0. The van der Waals surface area contributed by atoms with E-state index in [4.69, 9.17) is 0 Å². The molecule has 0 bridgehead atoms. The summed E-state index contributed by atoms with van der Waals surface area (Å²) in [6.45, 7) is 0.711. The fourth-order valence-electron chi connectivity index (χ4n) is 2.15. The number of nitrogens with one attached hydrogen (secondary N) is 2. The SMILES string of the molecule is COC(=O)c1ccc(CCNc2ncnc3nc[nH]c23)cc1. The molecule has 1 aromatic carbocycles. The van der Waals surface area contributed by atoms with Crippen LogP contribution in [0.15, 0.2) is 36.9 Å². The van der Waals surface area contributed by atoms with E-state index in [2.05, 4.69) is 30.0 Å². The molecule has 0 aliphatic rings. The molecule has 0 aliphatic heterocycles. The molecule has 3 aromatic rings. The molecule has 0 amide bonds. The van der Waals surface area contributed by atoms with Gasteiger partial charge in [-0.05, 0) is 24.1 Å². The van der Waals surface area contributed by atoms with Crippen molar-refractivity contribution in [3.63, 3.8) is 0 Å². The molecule has 3 rings (SSSR count). The number of esters is 1. The number of anilines is 1. The molecule has 0 unspecified atom stereocenters. The predicted molar refractivity (Wildman–Crippen MR) is 81.7 cm³/mol. The van der Waals surface area contributed by atoms with E-state index in [0.29, 0.717) is 17.8 Å². The summed E-state index contributed by atoms with van der Waals surface area (Å²) in [5, 5.41) is 3.26. The van der Waals surface area contributed by atoms with Crippen LogP contribution < -0.4 is 5.32 Å². The summed E-state index contributed by atoms with van der Waals surface area (Å²) in [5.74, 6) is 0.404. The van der Waals surface area contributed by atoms with Crippen LogP contribution in [0.4, 0.5) is 5.82 Å². The van der Waals surface area contributed by atoms with Gasteiger partial charge in [0.05, 0.1) is 19.0 Å². The van der Waals surface area contributed by atoms with Gasteiger partial charge >= 0.3 is 5.97 Å². The van der Waals surface area contributed by atoms with Gasteiger partial charge in [0.15, 0.2) is 11.5 Å². The van der Waals surface area contributed by atoms with Crippen LogP contribution in [0.1, 0.15) is 15.9 Å². The minimum atomic E-state index is -0.327. The lowest BCUT2D eigenvalue weighted by Gasteiger charge is -2.06. The summed E-state index contributed by atoms with van der Waals surface area (Å²) < 4.78 is 4.67. The highest BCUT2D eigenvalue weighted by Crippen LogP contribution is 2.14. The highest BCUT2D eigenvalue weighted by atomic mass is 16.5. The number of methoxy groups -OCH3 is 1. The second-order valence-electron chi connectivity index (χ2n) is 4.69. The number of imidazole rings is 1. The molecule has 0 atom stereocenters. The van der Waals surface area contributed by atoms with Crippen molar-refractivity contribution in [3.8, 4) is 0 Å². The first-order valence-corrected chi connectivity index (χ1v) is 6.83. The lowest BCUT2D eigenvalue weighted by atomic mass is 10.1. The number of aromatic nitrogens is 4. The van der Waals surface area contributed by atoms with Crippen LogP contribution in [0, 0.1) is 0 Å². The number of hydrogen-bond donors (Lipinski definition) is 2. The van der Waals surface area contributed by atoms with Crippen molar-refractivity contribution in [2.45, 2.75) is 6.42 Å². The zero-order valence-corrected chi connectivity index (χ0v) is 12.0. The van der Waals surface area contributed by atoms with Crippen LogP contribution >= 0.6 is 0 Å². The van der Waals surface area contributed by atoms with Gasteiger partial charge in [-0.2, -0.15) is 0 Å². The Morgan fingerprint density at radius 3 is 2.82 bits per heavy atom. The van der Waals surface area contributed by atoms with Crippen molar-refractivity contribution >= 4 is 23.0 Å². The van der Waals surface area contributed by atoms with E-state index in [-0.39, 0.29) is 5.97 Å². The summed E-state index contributed by atoms with van der Waals surface area (Å²) in [5.41, 5.74) is 3.10. The molecule has 0 fully saturated rings. The minimum absolute atomic E-state index is 0.327. The van der Waals surface area contributed by atoms with Gasteiger partial charge in [0.2, 0.25) is 0 Å². The molecule has 7 nitrogen and oxygen atoms in total. The number of carbonyl (C=O) groups is 1. The van der Waals surface area contributed by atoms with Crippen LogP contribution in [0.25, 0.3) is 11.2 Å². The Morgan fingerprint density at radius 1 is 1.23 bits per heavy atom. The summed E-state index contributed by atoms with van der Waals surface area (Å²) in [6.07, 6.45) is 3.88. The molecule has 0 saturated heterocycles. The standard InChI is InChI=1S/C15H15N5O2/c1-22-15(21)11-4-2-10(3-5-11)6-7-16-13-12-14(18-8-17-12)20-9-19-13/h2-5,8-9H,6-7H2,1H3,(H2,16,17,18,19,20). The van der Waals surface area contributed by atoms with Gasteiger partial charge in [-0.15, -0.1) is 0 Å². The summed E-state index contributed by atoms with van der Waals surface area (Å²) >= 11 is 0. The Morgan fingerprint density at radius 2 is 2.05 bits per heavy atom. The molecular formula is C15H15N5O2. The molecule has 22 heavy (non-hydrogen) atoms. The number of nitrogens with zero attached hydrogens (tertiary/aromatic N) is 3.